The lowest BCUT2D eigenvalue weighted by molar-refractivity contribution is 0.151. The zero-order valence-electron chi connectivity index (χ0n) is 12.5. The number of anilines is 1. The average Bonchev–Trinajstić information content (AvgIpc) is 2.46. The van der Waals surface area contributed by atoms with E-state index in [9.17, 15) is 13.6 Å². The summed E-state index contributed by atoms with van der Waals surface area (Å²) < 4.78 is 25.2. The fraction of sp³-hybridized carbons (Fsp3) is 0.235. The second kappa shape index (κ2) is 7.02. The zero-order valence-corrected chi connectivity index (χ0v) is 12.5. The Kier molecular flexibility index (Phi) is 5.09. The first-order valence-corrected chi connectivity index (χ1v) is 6.95. The van der Waals surface area contributed by atoms with Crippen LogP contribution in [0, 0.1) is 13.8 Å². The van der Waals surface area contributed by atoms with Gasteiger partial charge in [0.15, 0.2) is 0 Å². The van der Waals surface area contributed by atoms with Crippen molar-refractivity contribution in [2.75, 3.05) is 5.32 Å². The van der Waals surface area contributed by atoms with Gasteiger partial charge in [0.2, 0.25) is 0 Å². The Bertz CT molecular complexity index is 671. The standard InChI is InChI=1S/C17H18F2N2O/c1-11-6-7-14(12(2)8-11)10-20-17(22)21-15-5-3-4-13(9-15)16(18)19/h3-9,16H,10H2,1-2H3,(H2,20,21,22). The number of rotatable bonds is 4. The van der Waals surface area contributed by atoms with Crippen molar-refractivity contribution < 1.29 is 13.6 Å². The maximum Gasteiger partial charge on any atom is 0.319 e. The Morgan fingerprint density at radius 3 is 2.59 bits per heavy atom. The van der Waals surface area contributed by atoms with E-state index < -0.39 is 12.5 Å². The highest BCUT2D eigenvalue weighted by molar-refractivity contribution is 5.89. The Morgan fingerprint density at radius 2 is 1.91 bits per heavy atom. The van der Waals surface area contributed by atoms with Gasteiger partial charge in [-0.1, -0.05) is 35.9 Å². The summed E-state index contributed by atoms with van der Waals surface area (Å²) in [7, 11) is 0. The van der Waals surface area contributed by atoms with E-state index in [0.29, 0.717) is 12.2 Å². The topological polar surface area (TPSA) is 41.1 Å². The van der Waals surface area contributed by atoms with Gasteiger partial charge in [-0.15, -0.1) is 0 Å². The highest BCUT2D eigenvalue weighted by Crippen LogP contribution is 2.21. The maximum atomic E-state index is 12.6. The SMILES string of the molecule is Cc1ccc(CNC(=O)Nc2cccc(C(F)F)c2)c(C)c1. The number of alkyl halides is 2. The van der Waals surface area contributed by atoms with Gasteiger partial charge in [-0.3, -0.25) is 0 Å². The summed E-state index contributed by atoms with van der Waals surface area (Å²) in [5, 5.41) is 5.27. The van der Waals surface area contributed by atoms with Gasteiger partial charge in [-0.25, -0.2) is 13.6 Å². The molecule has 3 nitrogen and oxygen atoms in total. The molecule has 0 spiro atoms. The van der Waals surface area contributed by atoms with E-state index in [-0.39, 0.29) is 5.56 Å². The van der Waals surface area contributed by atoms with Crippen LogP contribution < -0.4 is 10.6 Å². The van der Waals surface area contributed by atoms with Crippen molar-refractivity contribution in [3.05, 3.63) is 64.7 Å². The molecule has 0 saturated carbocycles. The van der Waals surface area contributed by atoms with Gasteiger partial charge >= 0.3 is 6.03 Å². The molecule has 0 radical (unpaired) electrons. The van der Waals surface area contributed by atoms with Gasteiger partial charge in [-0.2, -0.15) is 0 Å². The summed E-state index contributed by atoms with van der Waals surface area (Å²) in [5.41, 5.74) is 3.50. The molecule has 2 aromatic rings. The molecule has 5 heteroatoms. The van der Waals surface area contributed by atoms with Crippen LogP contribution in [0.5, 0.6) is 0 Å². The van der Waals surface area contributed by atoms with Crippen molar-refractivity contribution in [1.82, 2.24) is 5.32 Å². The van der Waals surface area contributed by atoms with Gasteiger partial charge in [0, 0.05) is 17.8 Å². The lowest BCUT2D eigenvalue weighted by Gasteiger charge is -2.11. The first-order chi connectivity index (χ1) is 10.5. The van der Waals surface area contributed by atoms with Gasteiger partial charge in [-0.05, 0) is 37.1 Å². The quantitative estimate of drug-likeness (QED) is 0.854. The minimum absolute atomic E-state index is 0.118. The molecule has 0 aliphatic rings. The van der Waals surface area contributed by atoms with Crippen molar-refractivity contribution in [2.24, 2.45) is 0 Å². The summed E-state index contributed by atoms with van der Waals surface area (Å²) in [5.74, 6) is 0. The van der Waals surface area contributed by atoms with Crippen LogP contribution in [-0.2, 0) is 6.54 Å². The summed E-state index contributed by atoms with van der Waals surface area (Å²) in [4.78, 5) is 11.8. The molecule has 22 heavy (non-hydrogen) atoms. The van der Waals surface area contributed by atoms with E-state index in [0.717, 1.165) is 16.7 Å². The van der Waals surface area contributed by atoms with Crippen LogP contribution in [0.2, 0.25) is 0 Å². The van der Waals surface area contributed by atoms with E-state index in [1.165, 1.54) is 18.2 Å². The van der Waals surface area contributed by atoms with E-state index in [4.69, 9.17) is 0 Å². The van der Waals surface area contributed by atoms with Gasteiger partial charge in [0.05, 0.1) is 0 Å². The largest absolute Gasteiger partial charge is 0.334 e. The van der Waals surface area contributed by atoms with E-state index in [2.05, 4.69) is 10.6 Å². The third kappa shape index (κ3) is 4.28. The minimum Gasteiger partial charge on any atom is -0.334 e. The van der Waals surface area contributed by atoms with E-state index in [1.807, 2.05) is 32.0 Å². The van der Waals surface area contributed by atoms with Crippen molar-refractivity contribution in [2.45, 2.75) is 26.8 Å². The third-order valence-electron chi connectivity index (χ3n) is 3.33. The minimum atomic E-state index is -2.56. The third-order valence-corrected chi connectivity index (χ3v) is 3.33. The molecule has 0 atom stereocenters. The molecule has 0 aliphatic heterocycles. The first-order valence-electron chi connectivity index (χ1n) is 6.95. The summed E-state index contributed by atoms with van der Waals surface area (Å²) >= 11 is 0. The number of aryl methyl sites for hydroxylation is 2. The molecule has 0 bridgehead atoms. The molecular weight excluding hydrogens is 286 g/mol. The monoisotopic (exact) mass is 304 g/mol. The Hall–Kier alpha value is -2.43. The normalized spacial score (nSPS) is 10.6. The first kappa shape index (κ1) is 15.9. The number of nitrogens with one attached hydrogen (secondary N) is 2. The smallest absolute Gasteiger partial charge is 0.319 e. The molecule has 0 fully saturated rings. The second-order valence-corrected chi connectivity index (χ2v) is 5.16. The van der Waals surface area contributed by atoms with Crippen molar-refractivity contribution in [3.63, 3.8) is 0 Å². The lowest BCUT2D eigenvalue weighted by atomic mass is 10.1. The Balaban J connectivity index is 1.94. The van der Waals surface area contributed by atoms with Crippen LogP contribution in [0.1, 0.15) is 28.7 Å². The molecule has 116 valence electrons. The fourth-order valence-corrected chi connectivity index (χ4v) is 2.15. The van der Waals surface area contributed by atoms with E-state index in [1.54, 1.807) is 6.07 Å². The number of hydrogen-bond donors (Lipinski definition) is 2. The average molecular weight is 304 g/mol. The second-order valence-electron chi connectivity index (χ2n) is 5.16. The molecule has 0 heterocycles. The number of hydrogen-bond acceptors (Lipinski definition) is 1. The molecule has 2 rings (SSSR count). The lowest BCUT2D eigenvalue weighted by Crippen LogP contribution is -2.28. The van der Waals surface area contributed by atoms with Gasteiger partial charge in [0.1, 0.15) is 0 Å². The molecule has 0 unspecified atom stereocenters. The Labute approximate surface area is 128 Å². The number of benzene rings is 2. The number of amides is 2. The van der Waals surface area contributed by atoms with Crippen LogP contribution in [0.4, 0.5) is 19.3 Å². The molecule has 0 aliphatic carbocycles. The summed E-state index contributed by atoms with van der Waals surface area (Å²) in [6, 6.07) is 11.2. The number of halogens is 2. The fourth-order valence-electron chi connectivity index (χ4n) is 2.15. The predicted molar refractivity (Wildman–Crippen MR) is 83.2 cm³/mol. The van der Waals surface area contributed by atoms with Crippen molar-refractivity contribution >= 4 is 11.7 Å². The highest BCUT2D eigenvalue weighted by Gasteiger charge is 2.08. The van der Waals surface area contributed by atoms with Crippen molar-refractivity contribution in [1.29, 1.82) is 0 Å². The number of urea groups is 1. The van der Waals surface area contributed by atoms with Crippen LogP contribution in [0.15, 0.2) is 42.5 Å². The summed E-state index contributed by atoms with van der Waals surface area (Å²) in [6.07, 6.45) is -2.56. The molecule has 0 saturated heterocycles. The zero-order chi connectivity index (χ0) is 16.1. The van der Waals surface area contributed by atoms with Gasteiger partial charge < -0.3 is 10.6 Å². The molecular formula is C17H18F2N2O. The van der Waals surface area contributed by atoms with Crippen LogP contribution >= 0.6 is 0 Å². The highest BCUT2D eigenvalue weighted by atomic mass is 19.3. The number of carbonyl (C=O) groups excluding carboxylic acids is 1. The van der Waals surface area contributed by atoms with E-state index >= 15 is 0 Å². The number of carbonyl (C=O) groups is 1. The molecule has 2 aromatic carbocycles. The molecule has 2 amide bonds. The van der Waals surface area contributed by atoms with Crippen LogP contribution in [-0.4, -0.2) is 6.03 Å². The van der Waals surface area contributed by atoms with Crippen molar-refractivity contribution in [3.8, 4) is 0 Å². The maximum absolute atomic E-state index is 12.6. The van der Waals surface area contributed by atoms with Crippen LogP contribution in [0.3, 0.4) is 0 Å². The molecule has 0 aromatic heterocycles. The molecule has 2 N–H and O–H groups in total. The summed E-state index contributed by atoms with van der Waals surface area (Å²) in [6.45, 7) is 4.37. The Morgan fingerprint density at radius 1 is 1.14 bits per heavy atom. The predicted octanol–water partition coefficient (Wildman–Crippen LogP) is 4.56. The van der Waals surface area contributed by atoms with Gasteiger partial charge in [0.25, 0.3) is 6.43 Å². The van der Waals surface area contributed by atoms with Crippen LogP contribution in [0.25, 0.3) is 0 Å².